The number of morpholine rings is 1. The van der Waals surface area contributed by atoms with Crippen molar-refractivity contribution in [2.75, 3.05) is 38.6 Å². The van der Waals surface area contributed by atoms with E-state index in [0.29, 0.717) is 10.8 Å². The van der Waals surface area contributed by atoms with Gasteiger partial charge < -0.3 is 22.0 Å². The van der Waals surface area contributed by atoms with Crippen molar-refractivity contribution < 1.29 is 26.3 Å². The highest BCUT2D eigenvalue weighted by Gasteiger charge is 2.16. The SMILES string of the molecule is O=S(CC[NH+]1CCOCC1)c1ccccc1Cl.[Cl-]. The molecule has 0 aromatic heterocycles. The molecule has 1 atom stereocenters. The maximum absolute atomic E-state index is 12.1. The normalized spacial score (nSPS) is 18.1. The van der Waals surface area contributed by atoms with E-state index in [1.165, 1.54) is 4.90 Å². The molecule has 0 saturated carbocycles. The Balaban J connectivity index is 0.00000162. The highest BCUT2D eigenvalue weighted by atomic mass is 35.5. The van der Waals surface area contributed by atoms with Crippen LogP contribution < -0.4 is 17.3 Å². The van der Waals surface area contributed by atoms with Gasteiger partial charge in [-0.3, -0.25) is 4.21 Å². The number of halogens is 2. The molecule has 0 radical (unpaired) electrons. The van der Waals surface area contributed by atoms with Crippen molar-refractivity contribution in [1.82, 2.24) is 0 Å². The Morgan fingerprint density at radius 3 is 2.61 bits per heavy atom. The maximum atomic E-state index is 12.1. The van der Waals surface area contributed by atoms with Crippen LogP contribution in [0.3, 0.4) is 0 Å². The van der Waals surface area contributed by atoms with Crippen molar-refractivity contribution in [1.29, 1.82) is 0 Å². The van der Waals surface area contributed by atoms with E-state index in [9.17, 15) is 4.21 Å². The number of benzene rings is 1. The number of quaternary nitrogens is 1. The lowest BCUT2D eigenvalue weighted by Gasteiger charge is -2.23. The third kappa shape index (κ3) is 4.52. The molecule has 0 aliphatic carbocycles. The second-order valence-corrected chi connectivity index (χ2v) is 6.04. The Bertz CT molecular complexity index is 397. The molecular weight excluding hydrogens is 293 g/mol. The van der Waals surface area contributed by atoms with Crippen molar-refractivity contribution in [3.05, 3.63) is 29.3 Å². The van der Waals surface area contributed by atoms with E-state index in [1.807, 2.05) is 18.2 Å². The second-order valence-electron chi connectivity index (χ2n) is 4.09. The van der Waals surface area contributed by atoms with Crippen LogP contribution in [-0.2, 0) is 15.5 Å². The average molecular weight is 310 g/mol. The van der Waals surface area contributed by atoms with Crippen molar-refractivity contribution in [2.45, 2.75) is 4.90 Å². The van der Waals surface area contributed by atoms with Gasteiger partial charge in [-0.2, -0.15) is 0 Å². The Labute approximate surface area is 121 Å². The van der Waals surface area contributed by atoms with Gasteiger partial charge in [0.1, 0.15) is 13.1 Å². The smallest absolute Gasteiger partial charge is 0.101 e. The minimum absolute atomic E-state index is 0. The van der Waals surface area contributed by atoms with E-state index < -0.39 is 10.8 Å². The summed E-state index contributed by atoms with van der Waals surface area (Å²) in [6.45, 7) is 4.57. The van der Waals surface area contributed by atoms with Crippen LogP contribution in [0, 0.1) is 0 Å². The van der Waals surface area contributed by atoms with E-state index >= 15 is 0 Å². The lowest BCUT2D eigenvalue weighted by atomic mass is 10.4. The Morgan fingerprint density at radius 1 is 1.28 bits per heavy atom. The van der Waals surface area contributed by atoms with Gasteiger partial charge in [0.2, 0.25) is 0 Å². The van der Waals surface area contributed by atoms with Gasteiger partial charge in [-0.1, -0.05) is 23.7 Å². The van der Waals surface area contributed by atoms with Gasteiger partial charge in [0.25, 0.3) is 0 Å². The summed E-state index contributed by atoms with van der Waals surface area (Å²) in [6.07, 6.45) is 0. The predicted octanol–water partition coefficient (Wildman–Crippen LogP) is -2.63. The first-order valence-electron chi connectivity index (χ1n) is 5.81. The van der Waals surface area contributed by atoms with Gasteiger partial charge in [-0.15, -0.1) is 0 Å². The summed E-state index contributed by atoms with van der Waals surface area (Å²) in [4.78, 5) is 2.22. The van der Waals surface area contributed by atoms with Crippen LogP contribution in [0.1, 0.15) is 0 Å². The van der Waals surface area contributed by atoms with Gasteiger partial charge in [0.15, 0.2) is 0 Å². The molecule has 18 heavy (non-hydrogen) atoms. The molecule has 0 amide bonds. The van der Waals surface area contributed by atoms with Crippen molar-refractivity contribution >= 4 is 22.4 Å². The molecule has 1 aromatic carbocycles. The summed E-state index contributed by atoms with van der Waals surface area (Å²) >= 11 is 6.02. The van der Waals surface area contributed by atoms with Crippen LogP contribution in [0.5, 0.6) is 0 Å². The van der Waals surface area contributed by atoms with Gasteiger partial charge in [0.05, 0.1) is 46.2 Å². The zero-order chi connectivity index (χ0) is 12.1. The predicted molar refractivity (Wildman–Crippen MR) is 69.1 cm³/mol. The molecule has 102 valence electrons. The van der Waals surface area contributed by atoms with Crippen LogP contribution in [0.4, 0.5) is 0 Å². The minimum atomic E-state index is -0.990. The van der Waals surface area contributed by atoms with E-state index in [0.717, 1.165) is 37.7 Å². The summed E-state index contributed by atoms with van der Waals surface area (Å²) < 4.78 is 17.4. The van der Waals surface area contributed by atoms with Crippen molar-refractivity contribution in [2.24, 2.45) is 0 Å². The molecule has 1 N–H and O–H groups in total. The number of hydrogen-bond acceptors (Lipinski definition) is 2. The summed E-state index contributed by atoms with van der Waals surface area (Å²) in [5.41, 5.74) is 0. The van der Waals surface area contributed by atoms with Crippen LogP contribution in [0.15, 0.2) is 29.2 Å². The van der Waals surface area contributed by atoms with Crippen LogP contribution in [0.2, 0.25) is 5.02 Å². The van der Waals surface area contributed by atoms with Crippen LogP contribution in [-0.4, -0.2) is 42.8 Å². The van der Waals surface area contributed by atoms with Crippen LogP contribution >= 0.6 is 11.6 Å². The molecule has 6 heteroatoms. The first-order chi connectivity index (χ1) is 8.27. The zero-order valence-corrected chi connectivity index (χ0v) is 12.4. The average Bonchev–Trinajstić information content (AvgIpc) is 2.38. The molecule has 1 aromatic rings. The molecule has 0 spiro atoms. The van der Waals surface area contributed by atoms with Gasteiger partial charge in [-0.25, -0.2) is 0 Å². The molecule has 1 aliphatic heterocycles. The highest BCUT2D eigenvalue weighted by molar-refractivity contribution is 7.85. The molecular formula is C12H17Cl2NO2S. The summed E-state index contributed by atoms with van der Waals surface area (Å²) in [5, 5.41) is 0.600. The number of hydrogen-bond donors (Lipinski definition) is 1. The first-order valence-corrected chi connectivity index (χ1v) is 7.51. The van der Waals surface area contributed by atoms with E-state index in [1.54, 1.807) is 6.07 Å². The van der Waals surface area contributed by atoms with Crippen LogP contribution in [0.25, 0.3) is 0 Å². The molecule has 0 bridgehead atoms. The monoisotopic (exact) mass is 309 g/mol. The number of ether oxygens (including phenoxy) is 1. The van der Waals surface area contributed by atoms with E-state index in [-0.39, 0.29) is 12.4 Å². The summed E-state index contributed by atoms with van der Waals surface area (Å²) in [7, 11) is -0.990. The molecule has 1 fully saturated rings. The fourth-order valence-corrected chi connectivity index (χ4v) is 3.49. The Kier molecular flexibility index (Phi) is 7.19. The lowest BCUT2D eigenvalue weighted by molar-refractivity contribution is -0.905. The first kappa shape index (κ1) is 15.9. The van der Waals surface area contributed by atoms with E-state index in [4.69, 9.17) is 16.3 Å². The number of rotatable bonds is 4. The van der Waals surface area contributed by atoms with Crippen molar-refractivity contribution in [3.63, 3.8) is 0 Å². The molecule has 1 unspecified atom stereocenters. The zero-order valence-electron chi connectivity index (χ0n) is 10.0. The summed E-state index contributed by atoms with van der Waals surface area (Å²) in [5.74, 6) is 0.666. The van der Waals surface area contributed by atoms with E-state index in [2.05, 4.69) is 0 Å². The van der Waals surface area contributed by atoms with Crippen molar-refractivity contribution in [3.8, 4) is 0 Å². The fourth-order valence-electron chi connectivity index (χ4n) is 1.89. The largest absolute Gasteiger partial charge is 1.00 e. The second kappa shape index (κ2) is 8.12. The maximum Gasteiger partial charge on any atom is 0.101 e. The third-order valence-corrected chi connectivity index (χ3v) is 4.79. The minimum Gasteiger partial charge on any atom is -1.00 e. The van der Waals surface area contributed by atoms with Gasteiger partial charge in [-0.05, 0) is 12.1 Å². The Hall–Kier alpha value is -0.130. The molecule has 1 saturated heterocycles. The highest BCUT2D eigenvalue weighted by Crippen LogP contribution is 2.18. The Morgan fingerprint density at radius 2 is 1.94 bits per heavy atom. The quantitative estimate of drug-likeness (QED) is 0.660. The van der Waals surface area contributed by atoms with Gasteiger partial charge >= 0.3 is 0 Å². The molecule has 1 aliphatic rings. The molecule has 1 heterocycles. The molecule has 2 rings (SSSR count). The number of nitrogens with one attached hydrogen (secondary N) is 1. The topological polar surface area (TPSA) is 30.7 Å². The molecule has 3 nitrogen and oxygen atoms in total. The van der Waals surface area contributed by atoms with Gasteiger partial charge in [0, 0.05) is 0 Å². The summed E-state index contributed by atoms with van der Waals surface area (Å²) in [6, 6.07) is 7.36. The third-order valence-electron chi connectivity index (χ3n) is 2.92. The lowest BCUT2D eigenvalue weighted by Crippen LogP contribution is -3.14. The fraction of sp³-hybridized carbons (Fsp3) is 0.500. The standard InChI is InChI=1S/C12H16ClNO2S.ClH/c13-11-3-1-2-4-12(11)17(15)10-7-14-5-8-16-9-6-14;/h1-4H,5-10H2;1H.